The zero-order valence-electron chi connectivity index (χ0n) is 14.4. The van der Waals surface area contributed by atoms with Gasteiger partial charge in [-0.2, -0.15) is 5.26 Å². The van der Waals surface area contributed by atoms with E-state index in [0.717, 1.165) is 43.5 Å². The molecule has 0 saturated carbocycles. The van der Waals surface area contributed by atoms with Crippen molar-refractivity contribution in [2.24, 2.45) is 11.8 Å². The number of rotatable bonds is 2. The summed E-state index contributed by atoms with van der Waals surface area (Å²) >= 11 is 0. The average molecular weight is 334 g/mol. The summed E-state index contributed by atoms with van der Waals surface area (Å²) in [5.41, 5.74) is 2.58. The van der Waals surface area contributed by atoms with Crippen molar-refractivity contribution in [3.63, 3.8) is 0 Å². The highest BCUT2D eigenvalue weighted by Crippen LogP contribution is 2.35. The van der Waals surface area contributed by atoms with Gasteiger partial charge in [-0.05, 0) is 30.0 Å². The summed E-state index contributed by atoms with van der Waals surface area (Å²) in [5, 5.41) is 13.6. The first-order valence-electron chi connectivity index (χ1n) is 8.94. The number of fused-ring (bicyclic) bond motifs is 1. The molecular formula is C20H22N4O. The monoisotopic (exact) mass is 334 g/mol. The fraction of sp³-hybridized carbons (Fsp3) is 0.450. The predicted octanol–water partition coefficient (Wildman–Crippen LogP) is 2.28. The fourth-order valence-corrected chi connectivity index (χ4v) is 4.12. The number of benzene rings is 1. The maximum absolute atomic E-state index is 12.7. The van der Waals surface area contributed by atoms with Gasteiger partial charge in [0.05, 0.1) is 17.0 Å². The lowest BCUT2D eigenvalue weighted by molar-refractivity contribution is -0.139. The largest absolute Gasteiger partial charge is 0.341 e. The minimum absolute atomic E-state index is 0.144. The molecule has 5 nitrogen and oxygen atoms in total. The standard InChI is InChI=1S/C20H22N4O/c1-13-7-15(12-24(11-13)20(25)16-9-22-10-16)17-5-4-14(8-21)19-18(17)3-2-6-23-19/h2-6,13,15-16,22H,7,9-12H2,1H3/t13-,15-/m1/s1. The highest BCUT2D eigenvalue weighted by atomic mass is 16.2. The van der Waals surface area contributed by atoms with Crippen LogP contribution in [0.5, 0.6) is 0 Å². The Kier molecular flexibility index (Phi) is 4.14. The van der Waals surface area contributed by atoms with E-state index in [1.807, 2.05) is 23.1 Å². The number of nitrogens with one attached hydrogen (secondary N) is 1. The van der Waals surface area contributed by atoms with E-state index in [-0.39, 0.29) is 11.8 Å². The molecule has 128 valence electrons. The van der Waals surface area contributed by atoms with Gasteiger partial charge in [0.1, 0.15) is 6.07 Å². The summed E-state index contributed by atoms with van der Waals surface area (Å²) in [6.07, 6.45) is 2.79. The Morgan fingerprint density at radius 3 is 2.88 bits per heavy atom. The molecule has 5 heteroatoms. The second-order valence-corrected chi connectivity index (χ2v) is 7.35. The molecule has 4 rings (SSSR count). The zero-order valence-corrected chi connectivity index (χ0v) is 14.4. The fourth-order valence-electron chi connectivity index (χ4n) is 4.12. The van der Waals surface area contributed by atoms with Gasteiger partial charge in [-0.1, -0.05) is 19.1 Å². The van der Waals surface area contributed by atoms with Crippen LogP contribution in [0, 0.1) is 23.2 Å². The highest BCUT2D eigenvalue weighted by molar-refractivity contribution is 5.87. The summed E-state index contributed by atoms with van der Waals surface area (Å²) in [6.45, 7) is 5.43. The van der Waals surface area contributed by atoms with Crippen molar-refractivity contribution < 1.29 is 4.79 Å². The Bertz CT molecular complexity index is 852. The van der Waals surface area contributed by atoms with Crippen LogP contribution in [0.2, 0.25) is 0 Å². The number of hydrogen-bond donors (Lipinski definition) is 1. The molecule has 1 amide bonds. The molecule has 2 aliphatic rings. The predicted molar refractivity (Wildman–Crippen MR) is 95.9 cm³/mol. The quantitative estimate of drug-likeness (QED) is 0.915. The molecule has 0 radical (unpaired) electrons. The molecule has 0 bridgehead atoms. The van der Waals surface area contributed by atoms with Crippen LogP contribution in [0.25, 0.3) is 10.9 Å². The molecule has 2 atom stereocenters. The number of piperidine rings is 1. The van der Waals surface area contributed by atoms with Crippen LogP contribution in [-0.2, 0) is 4.79 Å². The summed E-state index contributed by atoms with van der Waals surface area (Å²) in [7, 11) is 0. The van der Waals surface area contributed by atoms with Crippen LogP contribution in [0.15, 0.2) is 30.5 Å². The van der Waals surface area contributed by atoms with E-state index in [1.54, 1.807) is 6.20 Å². The maximum Gasteiger partial charge on any atom is 0.228 e. The number of nitrogens with zero attached hydrogens (tertiary/aromatic N) is 3. The maximum atomic E-state index is 12.7. The number of likely N-dealkylation sites (tertiary alicyclic amines) is 1. The number of carbonyl (C=O) groups is 1. The van der Waals surface area contributed by atoms with E-state index in [4.69, 9.17) is 0 Å². The number of pyridine rings is 1. The van der Waals surface area contributed by atoms with Gasteiger partial charge < -0.3 is 10.2 Å². The van der Waals surface area contributed by atoms with Gasteiger partial charge in [0.2, 0.25) is 5.91 Å². The molecule has 0 spiro atoms. The smallest absolute Gasteiger partial charge is 0.228 e. The van der Waals surface area contributed by atoms with Crippen molar-refractivity contribution >= 4 is 16.8 Å². The average Bonchev–Trinajstić information content (AvgIpc) is 2.58. The lowest BCUT2D eigenvalue weighted by Crippen LogP contribution is -2.54. The third kappa shape index (κ3) is 2.87. The molecule has 3 heterocycles. The third-order valence-corrected chi connectivity index (χ3v) is 5.47. The van der Waals surface area contributed by atoms with E-state index >= 15 is 0 Å². The topological polar surface area (TPSA) is 69.0 Å². The van der Waals surface area contributed by atoms with Crippen LogP contribution < -0.4 is 5.32 Å². The van der Waals surface area contributed by atoms with Gasteiger partial charge in [0.15, 0.2) is 0 Å². The molecule has 1 N–H and O–H groups in total. The molecule has 1 aromatic heterocycles. The highest BCUT2D eigenvalue weighted by Gasteiger charge is 2.35. The molecule has 2 fully saturated rings. The Hall–Kier alpha value is -2.45. The molecule has 25 heavy (non-hydrogen) atoms. The van der Waals surface area contributed by atoms with Crippen molar-refractivity contribution in [3.8, 4) is 6.07 Å². The zero-order chi connectivity index (χ0) is 17.4. The van der Waals surface area contributed by atoms with Gasteiger partial charge in [-0.15, -0.1) is 0 Å². The number of aromatic nitrogens is 1. The molecule has 1 aromatic carbocycles. The second-order valence-electron chi connectivity index (χ2n) is 7.35. The molecule has 2 saturated heterocycles. The number of carbonyl (C=O) groups excluding carboxylic acids is 1. The van der Waals surface area contributed by atoms with Gasteiger partial charge >= 0.3 is 0 Å². The number of hydrogen-bond acceptors (Lipinski definition) is 4. The SMILES string of the molecule is C[C@@H]1C[C@@H](c2ccc(C#N)c3ncccc23)CN(C(=O)C2CNC2)C1. The van der Waals surface area contributed by atoms with Gasteiger partial charge in [-0.25, -0.2) is 0 Å². The number of amides is 1. The Balaban J connectivity index is 1.68. The third-order valence-electron chi connectivity index (χ3n) is 5.47. The Labute approximate surface area is 147 Å². The van der Waals surface area contributed by atoms with Gasteiger partial charge in [0.25, 0.3) is 0 Å². The first-order valence-corrected chi connectivity index (χ1v) is 8.94. The van der Waals surface area contributed by atoms with E-state index < -0.39 is 0 Å². The number of nitriles is 1. The molecule has 0 aliphatic carbocycles. The van der Waals surface area contributed by atoms with Crippen molar-refractivity contribution in [3.05, 3.63) is 41.6 Å². The summed E-state index contributed by atoms with van der Waals surface area (Å²) in [6, 6.07) is 10.1. The minimum atomic E-state index is 0.144. The summed E-state index contributed by atoms with van der Waals surface area (Å²) in [5.74, 6) is 1.19. The lowest BCUT2D eigenvalue weighted by Gasteiger charge is -2.40. The minimum Gasteiger partial charge on any atom is -0.341 e. The van der Waals surface area contributed by atoms with Crippen LogP contribution in [0.3, 0.4) is 0 Å². The van der Waals surface area contributed by atoms with Crippen molar-refractivity contribution in [1.29, 1.82) is 5.26 Å². The normalized spacial score (nSPS) is 23.9. The molecule has 2 aromatic rings. The van der Waals surface area contributed by atoms with Crippen LogP contribution in [-0.4, -0.2) is 42.0 Å². The van der Waals surface area contributed by atoms with Crippen molar-refractivity contribution in [1.82, 2.24) is 15.2 Å². The summed E-state index contributed by atoms with van der Waals surface area (Å²) < 4.78 is 0. The second kappa shape index (κ2) is 6.45. The van der Waals surface area contributed by atoms with E-state index in [1.165, 1.54) is 5.56 Å². The van der Waals surface area contributed by atoms with Crippen LogP contribution in [0.1, 0.15) is 30.4 Å². The first-order chi connectivity index (χ1) is 12.2. The summed E-state index contributed by atoms with van der Waals surface area (Å²) in [4.78, 5) is 19.2. The lowest BCUT2D eigenvalue weighted by atomic mass is 9.82. The molecule has 2 aliphatic heterocycles. The Morgan fingerprint density at radius 1 is 1.32 bits per heavy atom. The Morgan fingerprint density at radius 2 is 2.16 bits per heavy atom. The van der Waals surface area contributed by atoms with Crippen molar-refractivity contribution in [2.75, 3.05) is 26.2 Å². The molecule has 0 unspecified atom stereocenters. The first kappa shape index (κ1) is 16.0. The van der Waals surface area contributed by atoms with Gasteiger partial charge in [0, 0.05) is 43.7 Å². The van der Waals surface area contributed by atoms with E-state index in [2.05, 4.69) is 29.4 Å². The van der Waals surface area contributed by atoms with Gasteiger partial charge in [-0.3, -0.25) is 9.78 Å². The van der Waals surface area contributed by atoms with Crippen molar-refractivity contribution in [2.45, 2.75) is 19.3 Å². The molecular weight excluding hydrogens is 312 g/mol. The van der Waals surface area contributed by atoms with E-state index in [9.17, 15) is 10.1 Å². The van der Waals surface area contributed by atoms with E-state index in [0.29, 0.717) is 17.4 Å². The van der Waals surface area contributed by atoms with Crippen LogP contribution >= 0.6 is 0 Å². The van der Waals surface area contributed by atoms with Crippen LogP contribution in [0.4, 0.5) is 0 Å².